The fourth-order valence-electron chi connectivity index (χ4n) is 3.17. The van der Waals surface area contributed by atoms with Gasteiger partial charge in [-0.25, -0.2) is 0 Å². The fraction of sp³-hybridized carbons (Fsp3) is 0.200. The molecule has 0 fully saturated rings. The maximum absolute atomic E-state index is 12.4. The molecule has 0 heterocycles. The molecule has 1 atom stereocenters. The van der Waals surface area contributed by atoms with Gasteiger partial charge in [0.25, 0.3) is 5.91 Å². The van der Waals surface area contributed by atoms with Gasteiger partial charge in [-0.05, 0) is 60.5 Å². The Kier molecular flexibility index (Phi) is 7.13. The second-order valence-electron chi connectivity index (χ2n) is 6.90. The zero-order chi connectivity index (χ0) is 22.2. The number of ether oxygens (including phenoxy) is 3. The molecule has 0 aliphatic rings. The van der Waals surface area contributed by atoms with Gasteiger partial charge in [0, 0.05) is 5.56 Å². The molecule has 1 N–H and O–H groups in total. The van der Waals surface area contributed by atoms with Crippen molar-refractivity contribution < 1.29 is 19.0 Å². The van der Waals surface area contributed by atoms with E-state index in [-0.39, 0.29) is 18.6 Å². The number of hydrogen-bond acceptors (Lipinski definition) is 5. The van der Waals surface area contributed by atoms with Crippen LogP contribution in [0.4, 0.5) is 0 Å². The van der Waals surface area contributed by atoms with Gasteiger partial charge in [-0.15, -0.1) is 0 Å². The molecule has 3 rings (SSSR count). The predicted molar refractivity (Wildman–Crippen MR) is 118 cm³/mol. The first kappa shape index (κ1) is 21.7. The number of rotatable bonds is 8. The van der Waals surface area contributed by atoms with Crippen molar-refractivity contribution in [2.24, 2.45) is 0 Å². The molecule has 1 unspecified atom stereocenters. The maximum atomic E-state index is 12.4. The van der Waals surface area contributed by atoms with Crippen LogP contribution in [0, 0.1) is 11.3 Å². The monoisotopic (exact) mass is 416 g/mol. The minimum absolute atomic E-state index is 0.104. The van der Waals surface area contributed by atoms with E-state index in [1.165, 1.54) is 0 Å². The summed E-state index contributed by atoms with van der Waals surface area (Å²) in [6.45, 7) is 1.77. The third-order valence-corrected chi connectivity index (χ3v) is 4.85. The Bertz CT molecular complexity index is 1070. The van der Waals surface area contributed by atoms with E-state index in [9.17, 15) is 4.79 Å². The average Bonchev–Trinajstić information content (AvgIpc) is 2.82. The van der Waals surface area contributed by atoms with E-state index < -0.39 is 0 Å². The zero-order valence-corrected chi connectivity index (χ0v) is 17.7. The number of nitriles is 1. The van der Waals surface area contributed by atoms with Gasteiger partial charge in [0.05, 0.1) is 31.9 Å². The van der Waals surface area contributed by atoms with E-state index in [4.69, 9.17) is 19.5 Å². The summed E-state index contributed by atoms with van der Waals surface area (Å²) in [6.07, 6.45) is 0. The van der Waals surface area contributed by atoms with Gasteiger partial charge in [0.1, 0.15) is 17.2 Å². The molecule has 6 nitrogen and oxygen atoms in total. The standard InChI is InChI=1S/C25H24N2O4/c1-17(23-14-22(29-2)12-13-24(23)30-3)27-25(28)16-31-21-10-8-20(9-11-21)19-6-4-18(15-26)5-7-19/h4-14,17H,16H2,1-3H3,(H,27,28). The lowest BCUT2D eigenvalue weighted by Crippen LogP contribution is -2.31. The molecule has 0 saturated carbocycles. The highest BCUT2D eigenvalue weighted by Gasteiger charge is 2.15. The Morgan fingerprint density at radius 3 is 2.13 bits per heavy atom. The largest absolute Gasteiger partial charge is 0.497 e. The molecule has 31 heavy (non-hydrogen) atoms. The molecule has 3 aromatic carbocycles. The maximum Gasteiger partial charge on any atom is 0.258 e. The summed E-state index contributed by atoms with van der Waals surface area (Å²) in [7, 11) is 3.18. The van der Waals surface area contributed by atoms with Gasteiger partial charge in [-0.2, -0.15) is 5.26 Å². The zero-order valence-electron chi connectivity index (χ0n) is 17.7. The van der Waals surface area contributed by atoms with Crippen molar-refractivity contribution in [3.63, 3.8) is 0 Å². The highest BCUT2D eigenvalue weighted by Crippen LogP contribution is 2.29. The molecular weight excluding hydrogens is 392 g/mol. The minimum Gasteiger partial charge on any atom is -0.497 e. The first-order chi connectivity index (χ1) is 15.0. The molecule has 6 heteroatoms. The van der Waals surface area contributed by atoms with Crippen LogP contribution >= 0.6 is 0 Å². The van der Waals surface area contributed by atoms with Crippen LogP contribution in [0.15, 0.2) is 66.7 Å². The number of amides is 1. The summed E-state index contributed by atoms with van der Waals surface area (Å²) in [5, 5.41) is 11.8. The first-order valence-electron chi connectivity index (χ1n) is 9.78. The minimum atomic E-state index is -0.278. The quantitative estimate of drug-likeness (QED) is 0.585. The van der Waals surface area contributed by atoms with E-state index >= 15 is 0 Å². The molecule has 0 bridgehead atoms. The first-order valence-corrected chi connectivity index (χ1v) is 9.78. The molecule has 0 aliphatic carbocycles. The smallest absolute Gasteiger partial charge is 0.258 e. The van der Waals surface area contributed by atoms with Crippen LogP contribution in [0.5, 0.6) is 17.2 Å². The molecule has 158 valence electrons. The van der Waals surface area contributed by atoms with Gasteiger partial charge < -0.3 is 19.5 Å². The highest BCUT2D eigenvalue weighted by molar-refractivity contribution is 5.78. The Morgan fingerprint density at radius 1 is 0.935 bits per heavy atom. The third-order valence-electron chi connectivity index (χ3n) is 4.85. The lowest BCUT2D eigenvalue weighted by molar-refractivity contribution is -0.123. The van der Waals surface area contributed by atoms with Crippen molar-refractivity contribution in [3.05, 3.63) is 77.9 Å². The molecule has 0 aromatic heterocycles. The van der Waals surface area contributed by atoms with Gasteiger partial charge in [0.15, 0.2) is 6.61 Å². The summed E-state index contributed by atoms with van der Waals surface area (Å²) >= 11 is 0. The Morgan fingerprint density at radius 2 is 1.55 bits per heavy atom. The Hall–Kier alpha value is -3.98. The summed E-state index contributed by atoms with van der Waals surface area (Å²) in [5.74, 6) is 1.72. The number of carbonyl (C=O) groups excluding carboxylic acids is 1. The summed E-state index contributed by atoms with van der Waals surface area (Å²) in [4.78, 5) is 12.4. The Labute approximate surface area is 182 Å². The molecular formula is C25H24N2O4. The summed E-state index contributed by atoms with van der Waals surface area (Å²) < 4.78 is 16.3. The van der Waals surface area contributed by atoms with Crippen LogP contribution < -0.4 is 19.5 Å². The van der Waals surface area contributed by atoms with Crippen molar-refractivity contribution in [3.8, 4) is 34.4 Å². The molecule has 3 aromatic rings. The van der Waals surface area contributed by atoms with E-state index in [0.29, 0.717) is 22.8 Å². The number of nitrogens with zero attached hydrogens (tertiary/aromatic N) is 1. The highest BCUT2D eigenvalue weighted by atomic mass is 16.5. The van der Waals surface area contributed by atoms with Gasteiger partial charge in [-0.3, -0.25) is 4.79 Å². The van der Waals surface area contributed by atoms with Gasteiger partial charge >= 0.3 is 0 Å². The average molecular weight is 416 g/mol. The number of carbonyl (C=O) groups is 1. The molecule has 0 spiro atoms. The van der Waals surface area contributed by atoms with Crippen molar-refractivity contribution in [1.29, 1.82) is 5.26 Å². The van der Waals surface area contributed by atoms with Crippen LogP contribution in [0.25, 0.3) is 11.1 Å². The van der Waals surface area contributed by atoms with Crippen LogP contribution in [-0.4, -0.2) is 26.7 Å². The normalized spacial score (nSPS) is 11.2. The second-order valence-corrected chi connectivity index (χ2v) is 6.90. The molecule has 0 aliphatic heterocycles. The topological polar surface area (TPSA) is 80.6 Å². The number of benzene rings is 3. The number of nitrogens with one attached hydrogen (secondary N) is 1. The molecule has 0 radical (unpaired) electrons. The predicted octanol–water partition coefficient (Wildman–Crippen LogP) is 4.50. The lowest BCUT2D eigenvalue weighted by Gasteiger charge is -2.18. The SMILES string of the molecule is COc1ccc(OC)c(C(C)NC(=O)COc2ccc(-c3ccc(C#N)cc3)cc2)c1. The van der Waals surface area contributed by atoms with Crippen molar-refractivity contribution >= 4 is 5.91 Å². The van der Waals surface area contributed by atoms with Crippen LogP contribution in [0.2, 0.25) is 0 Å². The van der Waals surface area contributed by atoms with Crippen LogP contribution in [0.3, 0.4) is 0 Å². The fourth-order valence-corrected chi connectivity index (χ4v) is 3.17. The third kappa shape index (κ3) is 5.55. The Balaban J connectivity index is 1.57. The van der Waals surface area contributed by atoms with E-state index in [1.807, 2.05) is 61.5 Å². The summed E-state index contributed by atoms with van der Waals surface area (Å²) in [5.41, 5.74) is 3.45. The van der Waals surface area contributed by atoms with Crippen molar-refractivity contribution in [1.82, 2.24) is 5.32 Å². The van der Waals surface area contributed by atoms with Gasteiger partial charge in [0.2, 0.25) is 0 Å². The van der Waals surface area contributed by atoms with Crippen molar-refractivity contribution in [2.75, 3.05) is 20.8 Å². The van der Waals surface area contributed by atoms with Crippen LogP contribution in [0.1, 0.15) is 24.1 Å². The second kappa shape index (κ2) is 10.2. The molecule has 1 amide bonds. The lowest BCUT2D eigenvalue weighted by atomic mass is 10.0. The number of methoxy groups -OCH3 is 2. The van der Waals surface area contributed by atoms with E-state index in [0.717, 1.165) is 16.7 Å². The van der Waals surface area contributed by atoms with Crippen LogP contribution in [-0.2, 0) is 4.79 Å². The van der Waals surface area contributed by atoms with Crippen molar-refractivity contribution in [2.45, 2.75) is 13.0 Å². The van der Waals surface area contributed by atoms with E-state index in [1.54, 1.807) is 26.4 Å². The molecule has 0 saturated heterocycles. The summed E-state index contributed by atoms with van der Waals surface area (Å²) in [6, 6.07) is 22.1. The van der Waals surface area contributed by atoms with E-state index in [2.05, 4.69) is 11.4 Å². The van der Waals surface area contributed by atoms with Gasteiger partial charge in [-0.1, -0.05) is 24.3 Å². The number of hydrogen-bond donors (Lipinski definition) is 1.